The van der Waals surface area contributed by atoms with Crippen LogP contribution in [-0.4, -0.2) is 71.2 Å². The van der Waals surface area contributed by atoms with Crippen molar-refractivity contribution in [3.05, 3.63) is 59.2 Å². The first kappa shape index (κ1) is 29.7. The Hall–Kier alpha value is -1.55. The van der Waals surface area contributed by atoms with Crippen LogP contribution in [0.3, 0.4) is 0 Å². The molecule has 3 N–H and O–H groups in total. The molecule has 2 aromatic rings. The van der Waals surface area contributed by atoms with E-state index in [0.29, 0.717) is 6.04 Å². The molecule has 0 bridgehead atoms. The molecular formula is C22H32N2O8S3. The molecule has 35 heavy (non-hydrogen) atoms. The number of aryl methyl sites for hydroxylation is 1. The lowest BCUT2D eigenvalue weighted by molar-refractivity contribution is 0.170. The summed E-state index contributed by atoms with van der Waals surface area (Å²) in [5.41, 5.74) is 4.52. The van der Waals surface area contributed by atoms with Gasteiger partial charge in [0.1, 0.15) is 0 Å². The highest BCUT2D eigenvalue weighted by Crippen LogP contribution is 2.44. The summed E-state index contributed by atoms with van der Waals surface area (Å²) in [5, 5.41) is 3.49. The van der Waals surface area contributed by atoms with Crippen LogP contribution >= 0.6 is 11.8 Å². The molecule has 1 saturated heterocycles. The van der Waals surface area contributed by atoms with Gasteiger partial charge in [0, 0.05) is 42.0 Å². The van der Waals surface area contributed by atoms with Gasteiger partial charge in [-0.25, -0.2) is 0 Å². The summed E-state index contributed by atoms with van der Waals surface area (Å²) in [6.07, 6.45) is 2.23. The Balaban J connectivity index is 0.000000301. The molecule has 1 fully saturated rings. The number of nitrogens with one attached hydrogen (secondary N) is 1. The zero-order valence-corrected chi connectivity index (χ0v) is 22.3. The van der Waals surface area contributed by atoms with Crippen LogP contribution in [0, 0.1) is 0 Å². The minimum atomic E-state index is -4.16. The third-order valence-electron chi connectivity index (χ3n) is 5.48. The van der Waals surface area contributed by atoms with Gasteiger partial charge in [0.05, 0.1) is 14.2 Å². The van der Waals surface area contributed by atoms with Crippen LogP contribution in [0.4, 0.5) is 0 Å². The Morgan fingerprint density at radius 1 is 0.971 bits per heavy atom. The monoisotopic (exact) mass is 548 g/mol. The van der Waals surface area contributed by atoms with Gasteiger partial charge in [0.2, 0.25) is 0 Å². The van der Waals surface area contributed by atoms with Crippen molar-refractivity contribution in [1.29, 1.82) is 0 Å². The Morgan fingerprint density at radius 2 is 1.54 bits per heavy atom. The van der Waals surface area contributed by atoms with Crippen molar-refractivity contribution in [2.24, 2.45) is 0 Å². The molecular weight excluding hydrogens is 516 g/mol. The second kappa shape index (κ2) is 13.7. The average Bonchev–Trinajstić information content (AvgIpc) is 3.01. The molecule has 2 aromatic carbocycles. The van der Waals surface area contributed by atoms with Gasteiger partial charge in [-0.05, 0) is 35.6 Å². The van der Waals surface area contributed by atoms with Gasteiger partial charge in [-0.2, -0.15) is 16.8 Å². The maximum absolute atomic E-state index is 9.33. The van der Waals surface area contributed by atoms with E-state index in [-0.39, 0.29) is 0 Å². The highest BCUT2D eigenvalue weighted by molar-refractivity contribution is 7.99. The van der Waals surface area contributed by atoms with Gasteiger partial charge in [0.25, 0.3) is 0 Å². The lowest BCUT2D eigenvalue weighted by Gasteiger charge is -2.35. The third kappa shape index (κ3) is 9.79. The molecule has 0 amide bonds. The highest BCUT2D eigenvalue weighted by atomic mass is 32.3. The number of hydrogen-bond donors (Lipinski definition) is 3. The fourth-order valence-electron chi connectivity index (χ4n) is 3.79. The molecule has 2 aliphatic rings. The van der Waals surface area contributed by atoms with Crippen LogP contribution in [0.1, 0.15) is 29.7 Å². The first-order chi connectivity index (χ1) is 16.5. The van der Waals surface area contributed by atoms with E-state index in [4.69, 9.17) is 9.11 Å². The number of nitrogens with zero attached hydrogens (tertiary/aromatic N) is 1. The first-order valence-electron chi connectivity index (χ1n) is 10.9. The van der Waals surface area contributed by atoms with Gasteiger partial charge in [-0.3, -0.25) is 22.4 Å². The summed E-state index contributed by atoms with van der Waals surface area (Å²) >= 11 is 1.98. The van der Waals surface area contributed by atoms with Crippen LogP contribution in [0.15, 0.2) is 52.3 Å². The van der Waals surface area contributed by atoms with Crippen LogP contribution in [-0.2, 0) is 42.0 Å². The van der Waals surface area contributed by atoms with Crippen LogP contribution in [0.2, 0.25) is 0 Å². The normalized spacial score (nSPS) is 18.0. The summed E-state index contributed by atoms with van der Waals surface area (Å²) < 4.78 is 59.4. The maximum Gasteiger partial charge on any atom is 0.397 e. The molecule has 0 saturated carbocycles. The number of fused-ring (bicyclic) bond motifs is 2. The average molecular weight is 549 g/mol. The standard InChI is InChI=1S/C20H24N2S.2CH4O4S/c1-2-15-7-5-8-17-18(22-12-10-21-11-13-22)14-16-6-3-4-9-19(16)23-20(15)17;2*1-5-6(2,3)4/h3-9,18,21H,2,10-14H2,1H3;2*1H3,(H,2,3,4). The van der Waals surface area contributed by atoms with Gasteiger partial charge < -0.3 is 5.32 Å². The summed E-state index contributed by atoms with van der Waals surface area (Å²) in [5.74, 6) is 0. The van der Waals surface area contributed by atoms with Crippen molar-refractivity contribution in [1.82, 2.24) is 10.2 Å². The van der Waals surface area contributed by atoms with E-state index in [1.165, 1.54) is 26.5 Å². The summed E-state index contributed by atoms with van der Waals surface area (Å²) in [4.78, 5) is 5.62. The van der Waals surface area contributed by atoms with Crippen molar-refractivity contribution in [3.63, 3.8) is 0 Å². The van der Waals surface area contributed by atoms with Crippen LogP contribution in [0.25, 0.3) is 0 Å². The fourth-order valence-corrected chi connectivity index (χ4v) is 5.10. The largest absolute Gasteiger partial charge is 0.397 e. The molecule has 0 radical (unpaired) electrons. The quantitative estimate of drug-likeness (QED) is 0.485. The van der Waals surface area contributed by atoms with E-state index in [0.717, 1.165) is 53.2 Å². The lowest BCUT2D eigenvalue weighted by Crippen LogP contribution is -2.45. The zero-order valence-electron chi connectivity index (χ0n) is 19.9. The van der Waals surface area contributed by atoms with Crippen LogP contribution in [0.5, 0.6) is 0 Å². The Bertz CT molecular complexity index is 1130. The van der Waals surface area contributed by atoms with Crippen LogP contribution < -0.4 is 5.32 Å². The molecule has 1 atom stereocenters. The van der Waals surface area contributed by atoms with Crippen molar-refractivity contribution in [2.45, 2.75) is 35.6 Å². The van der Waals surface area contributed by atoms with E-state index in [1.807, 2.05) is 11.8 Å². The second-order valence-electron chi connectivity index (χ2n) is 7.59. The predicted molar refractivity (Wildman–Crippen MR) is 134 cm³/mol. The molecule has 0 aromatic heterocycles. The van der Waals surface area contributed by atoms with Gasteiger partial charge in [0.15, 0.2) is 0 Å². The molecule has 2 aliphatic heterocycles. The molecule has 0 spiro atoms. The minimum Gasteiger partial charge on any atom is -0.314 e. The van der Waals surface area contributed by atoms with Gasteiger partial charge in [-0.1, -0.05) is 55.1 Å². The predicted octanol–water partition coefficient (Wildman–Crippen LogP) is 2.77. The van der Waals surface area contributed by atoms with E-state index in [1.54, 1.807) is 0 Å². The molecule has 0 aliphatic carbocycles. The first-order valence-corrected chi connectivity index (χ1v) is 14.4. The zero-order chi connectivity index (χ0) is 26.1. The smallest absolute Gasteiger partial charge is 0.314 e. The van der Waals surface area contributed by atoms with Gasteiger partial charge in [-0.15, -0.1) is 0 Å². The summed E-state index contributed by atoms with van der Waals surface area (Å²) in [6, 6.07) is 16.4. The van der Waals surface area contributed by atoms with Gasteiger partial charge >= 0.3 is 20.8 Å². The lowest BCUT2D eigenvalue weighted by atomic mass is 9.95. The topological polar surface area (TPSA) is 142 Å². The minimum absolute atomic E-state index is 0.509. The number of rotatable bonds is 4. The Morgan fingerprint density at radius 3 is 2.09 bits per heavy atom. The van der Waals surface area contributed by atoms with E-state index >= 15 is 0 Å². The molecule has 4 rings (SSSR count). The van der Waals surface area contributed by atoms with Crippen molar-refractivity contribution < 1.29 is 34.3 Å². The number of piperazine rings is 1. The highest BCUT2D eigenvalue weighted by Gasteiger charge is 2.29. The molecule has 10 nitrogen and oxygen atoms in total. The SMILES string of the molecule is CCc1cccc2c1Sc1ccccc1CC2N1CCNCC1.COS(=O)(=O)O.COS(=O)(=O)O. The number of benzene rings is 2. The van der Waals surface area contributed by atoms with E-state index < -0.39 is 20.8 Å². The molecule has 1 unspecified atom stereocenters. The molecule has 196 valence electrons. The summed E-state index contributed by atoms with van der Waals surface area (Å²) in [7, 11) is -6.58. The van der Waals surface area contributed by atoms with E-state index in [9.17, 15) is 16.8 Å². The maximum atomic E-state index is 9.33. The van der Waals surface area contributed by atoms with E-state index in [2.05, 4.69) is 68.0 Å². The third-order valence-corrected chi connectivity index (χ3v) is 7.64. The number of hydrogen-bond acceptors (Lipinski definition) is 9. The second-order valence-corrected chi connectivity index (χ2v) is 11.0. The van der Waals surface area contributed by atoms with Crippen molar-refractivity contribution in [3.8, 4) is 0 Å². The Kier molecular flexibility index (Phi) is 11.6. The van der Waals surface area contributed by atoms with Crippen molar-refractivity contribution >= 4 is 32.6 Å². The molecule has 2 heterocycles. The molecule has 13 heteroatoms. The van der Waals surface area contributed by atoms with Crippen molar-refractivity contribution in [2.75, 3.05) is 40.4 Å². The fraction of sp³-hybridized carbons (Fsp3) is 0.455. The summed E-state index contributed by atoms with van der Waals surface area (Å²) in [6.45, 7) is 6.77. The Labute approximate surface area is 211 Å².